The molecule has 4 nitrogen and oxygen atoms in total. The monoisotopic (exact) mass is 182 g/mol. The molecule has 0 aromatic carbocycles. The summed E-state index contributed by atoms with van der Waals surface area (Å²) in [5.74, 6) is -0.376. The van der Waals surface area contributed by atoms with Gasteiger partial charge in [-0.25, -0.2) is 8.42 Å². The van der Waals surface area contributed by atoms with Crippen LogP contribution in [0.5, 0.6) is 0 Å². The highest BCUT2D eigenvalue weighted by molar-refractivity contribution is 7.90. The first-order valence-electron chi connectivity index (χ1n) is 3.39. The van der Waals surface area contributed by atoms with Gasteiger partial charge in [0.05, 0.1) is 5.75 Å². The Kier molecular flexibility index (Phi) is 4.63. The van der Waals surface area contributed by atoms with Crippen LogP contribution in [-0.4, -0.2) is 43.9 Å². The minimum Gasteiger partial charge on any atom is -0.396 e. The van der Waals surface area contributed by atoms with Gasteiger partial charge >= 0.3 is 0 Å². The summed E-state index contributed by atoms with van der Waals surface area (Å²) >= 11 is 0. The fourth-order valence-electron chi connectivity index (χ4n) is 0.838. The molecule has 5 heteroatoms. The molecule has 0 saturated heterocycles. The second-order valence-electron chi connectivity index (χ2n) is 2.65. The zero-order valence-corrected chi connectivity index (χ0v) is 7.34. The molecule has 0 bridgehead atoms. The minimum absolute atomic E-state index is 0.0515. The lowest BCUT2D eigenvalue weighted by Crippen LogP contribution is -2.19. The lowest BCUT2D eigenvalue weighted by molar-refractivity contribution is 0.195. The van der Waals surface area contributed by atoms with Gasteiger partial charge in [0.2, 0.25) is 0 Å². The summed E-state index contributed by atoms with van der Waals surface area (Å²) < 4.78 is 21.4. The summed E-state index contributed by atoms with van der Waals surface area (Å²) in [5, 5.41) is 17.1. The fourth-order valence-corrected chi connectivity index (χ4v) is 1.97. The van der Waals surface area contributed by atoms with Crippen molar-refractivity contribution in [3.63, 3.8) is 0 Å². The van der Waals surface area contributed by atoms with E-state index in [0.717, 1.165) is 6.26 Å². The smallest absolute Gasteiger partial charge is 0.147 e. The predicted octanol–water partition coefficient (Wildman–Crippen LogP) is -0.978. The maximum Gasteiger partial charge on any atom is 0.147 e. The van der Waals surface area contributed by atoms with Crippen LogP contribution in [0, 0.1) is 5.92 Å². The van der Waals surface area contributed by atoms with E-state index in [0.29, 0.717) is 6.42 Å². The molecule has 0 spiro atoms. The second kappa shape index (κ2) is 4.69. The third-order valence-electron chi connectivity index (χ3n) is 1.33. The Morgan fingerprint density at radius 3 is 2.18 bits per heavy atom. The summed E-state index contributed by atoms with van der Waals surface area (Å²) in [6.07, 6.45) is 1.45. The molecule has 0 heterocycles. The molecule has 1 unspecified atom stereocenters. The van der Waals surface area contributed by atoms with Crippen molar-refractivity contribution in [3.8, 4) is 0 Å². The molecule has 0 radical (unpaired) electrons. The number of sulfone groups is 1. The first kappa shape index (κ1) is 10.9. The van der Waals surface area contributed by atoms with Crippen LogP contribution < -0.4 is 0 Å². The standard InChI is InChI=1S/C6H14O4S/c1-11(9,10)5-6(4-8)2-3-7/h6-8H,2-5H2,1H3. The number of hydrogen-bond donors (Lipinski definition) is 2. The van der Waals surface area contributed by atoms with Crippen LogP contribution in [0.4, 0.5) is 0 Å². The van der Waals surface area contributed by atoms with Gasteiger partial charge in [-0.05, 0) is 12.3 Å². The third kappa shape index (κ3) is 6.28. The molecule has 0 aliphatic rings. The van der Waals surface area contributed by atoms with Crippen LogP contribution in [0.25, 0.3) is 0 Å². The van der Waals surface area contributed by atoms with E-state index >= 15 is 0 Å². The number of aliphatic hydroxyl groups excluding tert-OH is 2. The van der Waals surface area contributed by atoms with Crippen molar-refractivity contribution in [2.45, 2.75) is 6.42 Å². The zero-order chi connectivity index (χ0) is 8.91. The van der Waals surface area contributed by atoms with Crippen molar-refractivity contribution in [1.82, 2.24) is 0 Å². The Hall–Kier alpha value is -0.130. The number of rotatable bonds is 5. The Morgan fingerprint density at radius 2 is 1.91 bits per heavy atom. The van der Waals surface area contributed by atoms with Crippen LogP contribution in [0.1, 0.15) is 6.42 Å². The number of aliphatic hydroxyl groups is 2. The highest BCUT2D eigenvalue weighted by Crippen LogP contribution is 2.04. The second-order valence-corrected chi connectivity index (χ2v) is 4.84. The maximum atomic E-state index is 10.7. The van der Waals surface area contributed by atoms with E-state index in [1.54, 1.807) is 0 Å². The van der Waals surface area contributed by atoms with Gasteiger partial charge in [0.15, 0.2) is 0 Å². The van der Waals surface area contributed by atoms with Gasteiger partial charge in [-0.15, -0.1) is 0 Å². The fraction of sp³-hybridized carbons (Fsp3) is 1.00. The van der Waals surface area contributed by atoms with Crippen molar-refractivity contribution in [1.29, 1.82) is 0 Å². The van der Waals surface area contributed by atoms with Crippen molar-refractivity contribution in [2.24, 2.45) is 5.92 Å². The van der Waals surface area contributed by atoms with E-state index in [1.807, 2.05) is 0 Å². The van der Waals surface area contributed by atoms with E-state index in [1.165, 1.54) is 0 Å². The van der Waals surface area contributed by atoms with Crippen molar-refractivity contribution >= 4 is 9.84 Å². The van der Waals surface area contributed by atoms with E-state index in [4.69, 9.17) is 10.2 Å². The Labute approximate surface area is 66.8 Å². The van der Waals surface area contributed by atoms with Gasteiger partial charge in [0.1, 0.15) is 9.84 Å². The van der Waals surface area contributed by atoms with Gasteiger partial charge in [-0.1, -0.05) is 0 Å². The average molecular weight is 182 g/mol. The van der Waals surface area contributed by atoms with Gasteiger partial charge in [0.25, 0.3) is 0 Å². The minimum atomic E-state index is -3.03. The molecular formula is C6H14O4S. The summed E-state index contributed by atoms with van der Waals surface area (Å²) in [6.45, 7) is -0.269. The molecule has 0 fully saturated rings. The molecule has 0 aliphatic carbocycles. The van der Waals surface area contributed by atoms with E-state index in [9.17, 15) is 8.42 Å². The third-order valence-corrected chi connectivity index (χ3v) is 2.41. The molecule has 0 aromatic heterocycles. The highest BCUT2D eigenvalue weighted by Gasteiger charge is 2.13. The van der Waals surface area contributed by atoms with Gasteiger partial charge < -0.3 is 10.2 Å². The lowest BCUT2D eigenvalue weighted by atomic mass is 10.1. The Bertz CT molecular complexity index is 185. The molecule has 11 heavy (non-hydrogen) atoms. The molecule has 68 valence electrons. The first-order chi connectivity index (χ1) is 4.99. The summed E-state index contributed by atoms with van der Waals surface area (Å²) in [6, 6.07) is 0. The molecule has 2 N–H and O–H groups in total. The topological polar surface area (TPSA) is 74.6 Å². The summed E-state index contributed by atoms with van der Waals surface area (Å²) in [7, 11) is -3.03. The number of hydrogen-bond acceptors (Lipinski definition) is 4. The van der Waals surface area contributed by atoms with Crippen molar-refractivity contribution in [2.75, 3.05) is 25.2 Å². The normalized spacial score (nSPS) is 14.8. The van der Waals surface area contributed by atoms with Gasteiger partial charge in [0, 0.05) is 19.5 Å². The maximum absolute atomic E-state index is 10.7. The summed E-state index contributed by atoms with van der Waals surface area (Å²) in [5.41, 5.74) is 0. The Morgan fingerprint density at radius 1 is 1.36 bits per heavy atom. The molecule has 0 aliphatic heterocycles. The lowest BCUT2D eigenvalue weighted by Gasteiger charge is -2.09. The van der Waals surface area contributed by atoms with Crippen LogP contribution in [0.3, 0.4) is 0 Å². The van der Waals surface area contributed by atoms with Crippen LogP contribution in [0.15, 0.2) is 0 Å². The molecule has 1 atom stereocenters. The quantitative estimate of drug-likeness (QED) is 0.573. The SMILES string of the molecule is CS(=O)(=O)CC(CO)CCO. The van der Waals surface area contributed by atoms with Crippen molar-refractivity contribution < 1.29 is 18.6 Å². The molecule has 0 aromatic rings. The van der Waals surface area contributed by atoms with Crippen LogP contribution in [0.2, 0.25) is 0 Å². The molecule has 0 amide bonds. The van der Waals surface area contributed by atoms with Gasteiger partial charge in [-0.2, -0.15) is 0 Å². The van der Waals surface area contributed by atoms with E-state index in [2.05, 4.69) is 0 Å². The summed E-state index contributed by atoms with van der Waals surface area (Å²) in [4.78, 5) is 0. The zero-order valence-electron chi connectivity index (χ0n) is 6.52. The molecule has 0 rings (SSSR count). The van der Waals surface area contributed by atoms with Crippen LogP contribution in [-0.2, 0) is 9.84 Å². The highest BCUT2D eigenvalue weighted by atomic mass is 32.2. The van der Waals surface area contributed by atoms with Gasteiger partial charge in [-0.3, -0.25) is 0 Å². The predicted molar refractivity (Wildman–Crippen MR) is 42.0 cm³/mol. The Balaban J connectivity index is 3.88. The first-order valence-corrected chi connectivity index (χ1v) is 5.45. The molecular weight excluding hydrogens is 168 g/mol. The average Bonchev–Trinajstić information content (AvgIpc) is 1.84. The van der Waals surface area contributed by atoms with Crippen molar-refractivity contribution in [3.05, 3.63) is 0 Å². The van der Waals surface area contributed by atoms with E-state index < -0.39 is 9.84 Å². The molecule has 0 saturated carbocycles. The van der Waals surface area contributed by atoms with E-state index in [-0.39, 0.29) is 24.9 Å². The largest absolute Gasteiger partial charge is 0.396 e. The van der Waals surface area contributed by atoms with Crippen LogP contribution >= 0.6 is 0 Å².